The van der Waals surface area contributed by atoms with Crippen LogP contribution in [0.15, 0.2) is 66.7 Å². The van der Waals surface area contributed by atoms with Gasteiger partial charge in [0.1, 0.15) is 25.3 Å². The highest BCUT2D eigenvalue weighted by Crippen LogP contribution is 2.44. The summed E-state index contributed by atoms with van der Waals surface area (Å²) in [6.07, 6.45) is 10.4. The van der Waals surface area contributed by atoms with Crippen molar-refractivity contribution in [2.75, 3.05) is 88.6 Å². The van der Waals surface area contributed by atoms with Crippen LogP contribution in [0.4, 0.5) is 13.2 Å². The number of hydrogen-bond acceptors (Lipinski definition) is 7. The average Bonchev–Trinajstić information content (AvgIpc) is 3.48. The number of nitrogens with zero attached hydrogens (tertiary/aromatic N) is 1. The Hall–Kier alpha value is -2.35. The maximum Gasteiger partial charge on any atom is 0.417 e. The third-order valence-electron chi connectivity index (χ3n) is 8.62. The molecular weight excluding hydrogens is 716 g/mol. The molecule has 1 aliphatic rings. The van der Waals surface area contributed by atoms with Crippen LogP contribution >= 0.6 is 32.0 Å². The lowest BCUT2D eigenvalue weighted by Crippen LogP contribution is -2.26. The average molecular weight is 770 g/mol. The molecule has 0 spiro atoms. The first kappa shape index (κ1) is 41.4. The summed E-state index contributed by atoms with van der Waals surface area (Å²) < 4.78 is 67.2. The summed E-state index contributed by atoms with van der Waals surface area (Å²) in [5.74, 6) is 2.92. The fraction of sp³-hybridized carbons (Fsp3) is 0.513. The van der Waals surface area contributed by atoms with Gasteiger partial charge in [-0.3, -0.25) is 4.79 Å². The summed E-state index contributed by atoms with van der Waals surface area (Å²) in [7, 11) is 0.0783. The Kier molecular flexibility index (Phi) is 15.1. The van der Waals surface area contributed by atoms with E-state index in [2.05, 4.69) is 41.8 Å². The molecule has 0 heterocycles. The molecule has 0 fully saturated rings. The van der Waals surface area contributed by atoms with Crippen molar-refractivity contribution in [2.24, 2.45) is 0 Å². The number of fused-ring (bicyclic) bond motifs is 1. The zero-order valence-electron chi connectivity index (χ0n) is 30.9. The molecule has 3 aromatic carbocycles. The Balaban J connectivity index is 1.44. The van der Waals surface area contributed by atoms with Crippen LogP contribution in [0.25, 0.3) is 11.1 Å². The molecule has 2 atom stereocenters. The van der Waals surface area contributed by atoms with E-state index in [9.17, 15) is 18.0 Å². The van der Waals surface area contributed by atoms with E-state index in [0.717, 1.165) is 34.3 Å². The van der Waals surface area contributed by atoms with Gasteiger partial charge in [0.15, 0.2) is 0 Å². The summed E-state index contributed by atoms with van der Waals surface area (Å²) in [6.45, 7) is 2.21. The van der Waals surface area contributed by atoms with E-state index in [1.54, 1.807) is 30.1 Å². The second-order valence-electron chi connectivity index (χ2n) is 14.6. The molecule has 0 saturated carbocycles. The van der Waals surface area contributed by atoms with Crippen molar-refractivity contribution in [3.05, 3.63) is 89.0 Å². The lowest BCUT2D eigenvalue weighted by molar-refractivity contribution is -0.141. The molecule has 6 nitrogen and oxygen atoms in total. The van der Waals surface area contributed by atoms with Crippen LogP contribution in [-0.4, -0.2) is 98.9 Å². The number of carbonyl (C=O) groups is 1. The Labute approximate surface area is 309 Å². The lowest BCUT2D eigenvalue weighted by Gasteiger charge is -2.28. The molecule has 0 N–H and O–H groups in total. The van der Waals surface area contributed by atoms with Gasteiger partial charge in [0.25, 0.3) is 0 Å². The molecule has 0 amide bonds. The Bertz CT molecular complexity index is 1540. The standard InChI is InChI=1S/C39H54F3NO5S3/c1-45-38(44)25-30(26-49-43(27-46-21-23-50(2,3)4)28-47-22-24-51(5,6)7)29-15-17-31(18-16-29)48-37-20-19-33-32(12-10-13-35(33)37)34-11-8-9-14-36(34)39(40,41)42/h8-18,30,37H,19-28H2,1-7H3. The van der Waals surface area contributed by atoms with E-state index in [1.165, 1.54) is 19.2 Å². The van der Waals surface area contributed by atoms with Crippen molar-refractivity contribution in [1.82, 2.24) is 4.31 Å². The van der Waals surface area contributed by atoms with Gasteiger partial charge < -0.3 is 18.9 Å². The van der Waals surface area contributed by atoms with Crippen molar-refractivity contribution in [3.63, 3.8) is 0 Å². The summed E-state index contributed by atoms with van der Waals surface area (Å²) >= 11 is 1.60. The maximum absolute atomic E-state index is 13.9. The molecule has 0 aromatic heterocycles. The fourth-order valence-corrected chi connectivity index (χ4v) is 7.99. The van der Waals surface area contributed by atoms with Crippen molar-refractivity contribution in [1.29, 1.82) is 0 Å². The van der Waals surface area contributed by atoms with Gasteiger partial charge in [-0.2, -0.15) is 13.2 Å². The van der Waals surface area contributed by atoms with Gasteiger partial charge in [0.2, 0.25) is 0 Å². The van der Waals surface area contributed by atoms with Gasteiger partial charge in [0, 0.05) is 23.2 Å². The first-order valence-corrected chi connectivity index (χ1v) is 24.0. The molecule has 3 aromatic rings. The minimum Gasteiger partial charge on any atom is -0.486 e. The quantitative estimate of drug-likeness (QED) is 0.0522. The molecule has 1 aliphatic carbocycles. The van der Waals surface area contributed by atoms with Crippen LogP contribution in [0.5, 0.6) is 5.75 Å². The number of rotatable bonds is 19. The van der Waals surface area contributed by atoms with Gasteiger partial charge in [-0.05, 0) is 96.4 Å². The molecule has 12 heteroatoms. The van der Waals surface area contributed by atoms with Crippen LogP contribution in [0.3, 0.4) is 0 Å². The third-order valence-corrected chi connectivity index (χ3v) is 12.5. The molecule has 284 valence electrons. The minimum absolute atomic E-state index is 0.125. The van der Waals surface area contributed by atoms with Crippen molar-refractivity contribution < 1.29 is 36.9 Å². The predicted molar refractivity (Wildman–Crippen MR) is 211 cm³/mol. The van der Waals surface area contributed by atoms with E-state index in [1.807, 2.05) is 30.3 Å². The third kappa shape index (κ3) is 13.2. The SMILES string of the molecule is COC(=O)CC(CSN(COCCS(C)(C)C)COCCS(C)(C)C)c1ccc(OC2CCc3c(-c4ccccc4C(F)(F)F)cccc32)cc1. The van der Waals surface area contributed by atoms with Crippen LogP contribution in [0.2, 0.25) is 0 Å². The van der Waals surface area contributed by atoms with Gasteiger partial charge in [-0.15, -0.1) is 0 Å². The fourth-order valence-electron chi connectivity index (χ4n) is 5.75. The highest BCUT2D eigenvalue weighted by molar-refractivity contribution is 8.32. The van der Waals surface area contributed by atoms with Crippen LogP contribution in [-0.2, 0) is 31.6 Å². The van der Waals surface area contributed by atoms with Crippen LogP contribution in [0, 0.1) is 0 Å². The highest BCUT2D eigenvalue weighted by atomic mass is 32.3. The number of alkyl halides is 3. The number of hydrogen-bond donors (Lipinski definition) is 0. The lowest BCUT2D eigenvalue weighted by atomic mass is 9.93. The van der Waals surface area contributed by atoms with Crippen LogP contribution < -0.4 is 4.74 Å². The molecule has 0 aliphatic heterocycles. The monoisotopic (exact) mass is 769 g/mol. The molecule has 0 radical (unpaired) electrons. The van der Waals surface area contributed by atoms with Gasteiger partial charge >= 0.3 is 12.1 Å². The smallest absolute Gasteiger partial charge is 0.417 e. The maximum atomic E-state index is 13.9. The highest BCUT2D eigenvalue weighted by Gasteiger charge is 2.35. The number of ether oxygens (including phenoxy) is 4. The molecule has 0 saturated heterocycles. The normalized spacial score (nSPS) is 16.2. The van der Waals surface area contributed by atoms with Gasteiger partial charge in [0.05, 0.1) is 32.3 Å². The predicted octanol–water partition coefficient (Wildman–Crippen LogP) is 9.37. The Morgan fingerprint density at radius 1 is 0.863 bits per heavy atom. The van der Waals surface area contributed by atoms with E-state index in [-0.39, 0.29) is 30.0 Å². The largest absolute Gasteiger partial charge is 0.486 e. The Morgan fingerprint density at radius 2 is 1.47 bits per heavy atom. The molecule has 4 rings (SSSR count). The first-order chi connectivity index (χ1) is 24.0. The molecule has 51 heavy (non-hydrogen) atoms. The Morgan fingerprint density at radius 3 is 2.06 bits per heavy atom. The summed E-state index contributed by atoms with van der Waals surface area (Å²) in [4.78, 5) is 12.5. The number of benzene rings is 3. The van der Waals surface area contributed by atoms with E-state index >= 15 is 0 Å². The second-order valence-corrected chi connectivity index (χ2v) is 24.8. The molecule has 2 unspecified atom stereocenters. The number of esters is 1. The van der Waals surface area contributed by atoms with Gasteiger partial charge in [-0.1, -0.05) is 60.5 Å². The van der Waals surface area contributed by atoms with Crippen molar-refractivity contribution in [3.8, 4) is 16.9 Å². The zero-order valence-corrected chi connectivity index (χ0v) is 33.4. The zero-order chi connectivity index (χ0) is 37.2. The van der Waals surface area contributed by atoms with E-state index < -0.39 is 31.8 Å². The number of carbonyl (C=O) groups excluding carboxylic acids is 1. The van der Waals surface area contributed by atoms with Gasteiger partial charge in [-0.25, -0.2) is 24.4 Å². The van der Waals surface area contributed by atoms with Crippen molar-refractivity contribution >= 4 is 38.0 Å². The topological polar surface area (TPSA) is 57.2 Å². The minimum atomic E-state index is -4.45. The van der Waals surface area contributed by atoms with E-state index in [0.29, 0.717) is 56.6 Å². The number of methoxy groups -OCH3 is 1. The second kappa shape index (κ2) is 18.6. The summed E-state index contributed by atoms with van der Waals surface area (Å²) in [5, 5.41) is 0. The van der Waals surface area contributed by atoms with Crippen LogP contribution in [0.1, 0.15) is 47.1 Å². The summed E-state index contributed by atoms with van der Waals surface area (Å²) in [6, 6.07) is 19.0. The number of halogens is 3. The molecular formula is C39H54F3NO5S3. The summed E-state index contributed by atoms with van der Waals surface area (Å²) in [5.41, 5.74) is 2.93. The first-order valence-electron chi connectivity index (χ1n) is 17.0. The van der Waals surface area contributed by atoms with Crippen molar-refractivity contribution in [2.45, 2.75) is 37.5 Å². The van der Waals surface area contributed by atoms with E-state index in [4.69, 9.17) is 18.9 Å². The molecule has 0 bridgehead atoms.